The molecule has 2 aromatic carbocycles. The Bertz CT molecular complexity index is 689. The van der Waals surface area contributed by atoms with Crippen LogP contribution in [0.1, 0.15) is 51.2 Å². The smallest absolute Gasteiger partial charge is 0.0123 e. The topological polar surface area (TPSA) is 0 Å². The van der Waals surface area contributed by atoms with Crippen LogP contribution in [0.25, 0.3) is 0 Å². The molecule has 3 rings (SSSR count). The third-order valence-electron chi connectivity index (χ3n) is 6.59. The Hall–Kier alpha value is -0.700. The van der Waals surface area contributed by atoms with Crippen molar-refractivity contribution >= 4 is 26.5 Å². The fourth-order valence-corrected chi connectivity index (χ4v) is 11.4. The molecule has 0 saturated heterocycles. The summed E-state index contributed by atoms with van der Waals surface area (Å²) in [6, 6.07) is 18.3. The third kappa shape index (κ3) is 4.49. The molecule has 0 nitrogen and oxygen atoms in total. The van der Waals surface area contributed by atoms with Gasteiger partial charge < -0.3 is 0 Å². The Balaban J connectivity index is 2.03. The van der Waals surface area contributed by atoms with Gasteiger partial charge in [0.1, 0.15) is 0 Å². The largest absolute Gasteiger partial charge is 0.104 e. The zero-order chi connectivity index (χ0) is 19.4. The van der Waals surface area contributed by atoms with Gasteiger partial charge in [-0.2, -0.15) is 0 Å². The number of rotatable bonds is 7. The van der Waals surface area contributed by atoms with Crippen LogP contribution in [0, 0.1) is 19.8 Å². The van der Waals surface area contributed by atoms with Crippen LogP contribution in [-0.4, -0.2) is 23.6 Å². The highest BCUT2D eigenvalue weighted by molar-refractivity contribution is 7.73. The zero-order valence-corrected chi connectivity index (χ0v) is 19.6. The Labute approximate surface area is 169 Å². The van der Waals surface area contributed by atoms with Gasteiger partial charge in [0.2, 0.25) is 0 Å². The highest BCUT2D eigenvalue weighted by atomic mass is 31.1. The van der Waals surface area contributed by atoms with E-state index in [4.69, 9.17) is 0 Å². The van der Waals surface area contributed by atoms with Gasteiger partial charge in [-0.3, -0.25) is 0 Å². The molecule has 3 atom stereocenters. The first-order valence-electron chi connectivity index (χ1n) is 10.7. The maximum absolute atomic E-state index is 2.59. The van der Waals surface area contributed by atoms with E-state index in [9.17, 15) is 0 Å². The molecule has 27 heavy (non-hydrogen) atoms. The Morgan fingerprint density at radius 1 is 0.852 bits per heavy atom. The van der Waals surface area contributed by atoms with Crippen LogP contribution in [0.4, 0.5) is 0 Å². The lowest BCUT2D eigenvalue weighted by atomic mass is 10.0. The van der Waals surface area contributed by atoms with E-state index in [2.05, 4.69) is 83.1 Å². The van der Waals surface area contributed by atoms with Crippen molar-refractivity contribution in [3.63, 3.8) is 0 Å². The summed E-state index contributed by atoms with van der Waals surface area (Å²) >= 11 is 0. The van der Waals surface area contributed by atoms with E-state index in [0.29, 0.717) is 0 Å². The van der Waals surface area contributed by atoms with Gasteiger partial charge in [0, 0.05) is 0 Å². The standard InChI is InChI=1S/C25H36P2/c1-6-26(7-2)25-18-12-15-22(25)21(5)27(23-16-10-8-13-19(23)3)24-17-11-9-14-20(24)4/h8-11,13-14,16-17,21-22,25H,6-7,12,15,18H2,1-5H3/t21?,22?,25-/m0/s1. The normalized spacial score (nSPS) is 21.1. The zero-order valence-electron chi connectivity index (χ0n) is 17.8. The molecule has 0 heterocycles. The summed E-state index contributed by atoms with van der Waals surface area (Å²) in [5, 5.41) is 3.22. The molecule has 0 aliphatic heterocycles. The molecule has 1 saturated carbocycles. The number of aryl methyl sites for hydroxylation is 2. The fraction of sp³-hybridized carbons (Fsp3) is 0.520. The van der Waals surface area contributed by atoms with Gasteiger partial charge in [0.25, 0.3) is 0 Å². The predicted octanol–water partition coefficient (Wildman–Crippen LogP) is 6.82. The molecule has 1 fully saturated rings. The van der Waals surface area contributed by atoms with Gasteiger partial charge in [-0.1, -0.05) is 75.7 Å². The van der Waals surface area contributed by atoms with Crippen molar-refractivity contribution in [3.05, 3.63) is 59.7 Å². The Kier molecular flexibility index (Phi) is 7.53. The van der Waals surface area contributed by atoms with Crippen molar-refractivity contribution in [3.8, 4) is 0 Å². The van der Waals surface area contributed by atoms with Crippen LogP contribution in [0.3, 0.4) is 0 Å². The van der Waals surface area contributed by atoms with Crippen molar-refractivity contribution in [1.29, 1.82) is 0 Å². The quantitative estimate of drug-likeness (QED) is 0.449. The van der Waals surface area contributed by atoms with Crippen LogP contribution in [0.5, 0.6) is 0 Å². The van der Waals surface area contributed by atoms with Crippen LogP contribution < -0.4 is 10.6 Å². The second kappa shape index (κ2) is 9.67. The molecule has 0 spiro atoms. The first-order chi connectivity index (χ1) is 13.1. The van der Waals surface area contributed by atoms with E-state index in [1.54, 1.807) is 10.6 Å². The number of hydrogen-bond donors (Lipinski definition) is 0. The fourth-order valence-electron chi connectivity index (χ4n) is 5.11. The van der Waals surface area contributed by atoms with Crippen molar-refractivity contribution < 1.29 is 0 Å². The van der Waals surface area contributed by atoms with Crippen molar-refractivity contribution in [2.45, 2.75) is 65.2 Å². The molecule has 0 bridgehead atoms. The summed E-state index contributed by atoms with van der Waals surface area (Å²) in [7, 11) is -0.112. The summed E-state index contributed by atoms with van der Waals surface area (Å²) in [6.07, 6.45) is 7.19. The van der Waals surface area contributed by atoms with E-state index in [-0.39, 0.29) is 15.8 Å². The van der Waals surface area contributed by atoms with Crippen molar-refractivity contribution in [1.82, 2.24) is 0 Å². The van der Waals surface area contributed by atoms with E-state index in [0.717, 1.165) is 17.2 Å². The second-order valence-electron chi connectivity index (χ2n) is 8.07. The minimum absolute atomic E-state index is 0.203. The third-order valence-corrected chi connectivity index (χ3v) is 13.0. The maximum atomic E-state index is 2.59. The lowest BCUT2D eigenvalue weighted by molar-refractivity contribution is 0.546. The molecule has 1 aliphatic rings. The van der Waals surface area contributed by atoms with E-state index < -0.39 is 0 Å². The van der Waals surface area contributed by atoms with Gasteiger partial charge in [-0.25, -0.2) is 0 Å². The molecule has 2 heteroatoms. The SMILES string of the molecule is CCP(CC)[C@H]1CCCC1C(C)P(c1ccccc1C)c1ccccc1C. The van der Waals surface area contributed by atoms with Gasteiger partial charge >= 0.3 is 0 Å². The summed E-state index contributed by atoms with van der Waals surface area (Å²) in [6.45, 7) is 12.1. The monoisotopic (exact) mass is 398 g/mol. The first kappa shape index (κ1) is 21.0. The van der Waals surface area contributed by atoms with Gasteiger partial charge in [0.15, 0.2) is 0 Å². The van der Waals surface area contributed by atoms with Crippen LogP contribution in [-0.2, 0) is 0 Å². The lowest BCUT2D eigenvalue weighted by Crippen LogP contribution is -2.31. The van der Waals surface area contributed by atoms with Crippen LogP contribution in [0.15, 0.2) is 48.5 Å². The lowest BCUT2D eigenvalue weighted by Gasteiger charge is -2.37. The Morgan fingerprint density at radius 3 is 1.85 bits per heavy atom. The van der Waals surface area contributed by atoms with E-state index in [1.807, 2.05) is 0 Å². The number of benzene rings is 2. The number of hydrogen-bond acceptors (Lipinski definition) is 0. The average Bonchev–Trinajstić information content (AvgIpc) is 3.15. The molecular formula is C25H36P2. The van der Waals surface area contributed by atoms with Gasteiger partial charge in [-0.15, -0.1) is 7.92 Å². The summed E-state index contributed by atoms with van der Waals surface area (Å²) in [4.78, 5) is 0. The van der Waals surface area contributed by atoms with E-state index >= 15 is 0 Å². The summed E-state index contributed by atoms with van der Waals surface area (Å²) in [5.41, 5.74) is 4.70. The molecule has 2 aromatic rings. The minimum atomic E-state index is -0.316. The average molecular weight is 399 g/mol. The molecule has 2 unspecified atom stereocenters. The van der Waals surface area contributed by atoms with Gasteiger partial charge in [-0.05, 0) is 85.9 Å². The molecular weight excluding hydrogens is 362 g/mol. The van der Waals surface area contributed by atoms with Crippen molar-refractivity contribution in [2.75, 3.05) is 12.3 Å². The Morgan fingerprint density at radius 2 is 1.37 bits per heavy atom. The van der Waals surface area contributed by atoms with Crippen molar-refractivity contribution in [2.24, 2.45) is 5.92 Å². The highest BCUT2D eigenvalue weighted by Gasteiger charge is 2.39. The molecule has 0 aromatic heterocycles. The molecule has 0 amide bonds. The summed E-state index contributed by atoms with van der Waals surface area (Å²) in [5.74, 6) is 0.904. The maximum Gasteiger partial charge on any atom is -0.0123 e. The van der Waals surface area contributed by atoms with E-state index in [1.165, 1.54) is 42.7 Å². The van der Waals surface area contributed by atoms with Crippen LogP contribution in [0.2, 0.25) is 0 Å². The molecule has 1 aliphatic carbocycles. The first-order valence-corrected chi connectivity index (χ1v) is 13.9. The highest BCUT2D eigenvalue weighted by Crippen LogP contribution is 2.57. The molecule has 0 radical (unpaired) electrons. The predicted molar refractivity (Wildman–Crippen MR) is 127 cm³/mol. The molecule has 146 valence electrons. The minimum Gasteiger partial charge on any atom is -0.104 e. The molecule has 0 N–H and O–H groups in total. The van der Waals surface area contributed by atoms with Gasteiger partial charge in [0.05, 0.1) is 0 Å². The summed E-state index contributed by atoms with van der Waals surface area (Å²) < 4.78 is 0. The second-order valence-corrected chi connectivity index (χ2v) is 13.7. The van der Waals surface area contributed by atoms with Crippen LogP contribution >= 0.6 is 15.8 Å².